The molecule has 122 valence electrons. The van der Waals surface area contributed by atoms with Gasteiger partial charge >= 0.3 is 11.7 Å². The van der Waals surface area contributed by atoms with Crippen molar-refractivity contribution in [3.05, 3.63) is 40.6 Å². The fourth-order valence-corrected chi connectivity index (χ4v) is 2.86. The first-order chi connectivity index (χ1) is 10.9. The largest absolute Gasteiger partial charge is 0.377 e. The third kappa shape index (κ3) is 3.01. The molecule has 0 bridgehead atoms. The predicted molar refractivity (Wildman–Crippen MR) is 81.0 cm³/mol. The second-order valence-electron chi connectivity index (χ2n) is 6.54. The number of benzene rings is 1. The molecule has 1 aromatic heterocycles. The van der Waals surface area contributed by atoms with Crippen molar-refractivity contribution in [3.63, 3.8) is 0 Å². The maximum Gasteiger partial charge on any atom is 0.377 e. The van der Waals surface area contributed by atoms with Crippen LogP contribution in [0.1, 0.15) is 26.7 Å². The molecule has 8 heteroatoms. The molecule has 0 N–H and O–H groups in total. The van der Waals surface area contributed by atoms with E-state index in [0.29, 0.717) is 13.1 Å². The molecule has 7 nitrogen and oxygen atoms in total. The highest BCUT2D eigenvalue weighted by Gasteiger charge is 2.31. The lowest BCUT2D eigenvalue weighted by Gasteiger charge is -2.37. The van der Waals surface area contributed by atoms with Crippen LogP contribution in [0.2, 0.25) is 0 Å². The highest BCUT2D eigenvalue weighted by atomic mass is 19.1. The Bertz CT molecular complexity index is 795. The fourth-order valence-electron chi connectivity index (χ4n) is 2.86. The Labute approximate surface area is 132 Å². The molecule has 1 fully saturated rings. The fraction of sp³-hybridized carbons (Fsp3) is 0.467. The molecule has 0 unspecified atom stereocenters. The lowest BCUT2D eigenvalue weighted by molar-refractivity contribution is 0.127. The topological polar surface area (TPSA) is 73.0 Å². The van der Waals surface area contributed by atoms with E-state index in [1.54, 1.807) is 4.90 Å². The summed E-state index contributed by atoms with van der Waals surface area (Å²) in [5.74, 6) is -0.493. The van der Waals surface area contributed by atoms with E-state index in [1.807, 2.05) is 0 Å². The minimum atomic E-state index is -0.705. The Morgan fingerprint density at radius 1 is 1.30 bits per heavy atom. The average Bonchev–Trinajstić information content (AvgIpc) is 2.87. The Balaban J connectivity index is 1.90. The number of piperidine rings is 1. The van der Waals surface area contributed by atoms with Crippen LogP contribution in [-0.4, -0.2) is 43.8 Å². The number of likely N-dealkylation sites (tertiary alicyclic amines) is 1. The SMILES string of the molecule is CC1(C)CCCN(C(=O)n2nnn(-c3cccc(F)c3)c2=O)C1. The van der Waals surface area contributed by atoms with Gasteiger partial charge in [-0.1, -0.05) is 19.9 Å². The van der Waals surface area contributed by atoms with Crippen molar-refractivity contribution in [1.29, 1.82) is 0 Å². The van der Waals surface area contributed by atoms with Crippen molar-refractivity contribution >= 4 is 6.03 Å². The zero-order valence-corrected chi connectivity index (χ0v) is 13.1. The van der Waals surface area contributed by atoms with Gasteiger partial charge in [-0.2, -0.15) is 4.68 Å². The lowest BCUT2D eigenvalue weighted by Crippen LogP contribution is -2.48. The summed E-state index contributed by atoms with van der Waals surface area (Å²) < 4.78 is 14.9. The molecule has 1 amide bonds. The van der Waals surface area contributed by atoms with Crippen molar-refractivity contribution in [2.24, 2.45) is 5.41 Å². The van der Waals surface area contributed by atoms with E-state index in [-0.39, 0.29) is 11.1 Å². The van der Waals surface area contributed by atoms with E-state index in [0.717, 1.165) is 28.3 Å². The number of rotatable bonds is 1. The third-order valence-electron chi connectivity index (χ3n) is 3.99. The van der Waals surface area contributed by atoms with Crippen LogP contribution >= 0.6 is 0 Å². The van der Waals surface area contributed by atoms with Gasteiger partial charge in [-0.15, -0.1) is 4.68 Å². The lowest BCUT2D eigenvalue weighted by atomic mass is 9.84. The van der Waals surface area contributed by atoms with E-state index < -0.39 is 17.5 Å². The standard InChI is InChI=1S/C15H18FN5O2/c1-15(2)7-4-8-19(10-15)13(22)21-14(23)20(17-18-21)12-6-3-5-11(16)9-12/h3,5-6,9H,4,7-8,10H2,1-2H3. The molecule has 0 spiro atoms. The van der Waals surface area contributed by atoms with E-state index in [9.17, 15) is 14.0 Å². The molecule has 3 rings (SSSR count). The summed E-state index contributed by atoms with van der Waals surface area (Å²) in [6.07, 6.45) is 1.91. The molecule has 0 atom stereocenters. The minimum absolute atomic E-state index is 0.00999. The van der Waals surface area contributed by atoms with Crippen LogP contribution in [0.3, 0.4) is 0 Å². The molecular formula is C15H18FN5O2. The van der Waals surface area contributed by atoms with Gasteiger partial charge in [-0.25, -0.2) is 14.0 Å². The molecule has 0 radical (unpaired) electrons. The Kier molecular flexibility index (Phi) is 3.75. The van der Waals surface area contributed by atoms with Gasteiger partial charge in [0.1, 0.15) is 5.82 Å². The van der Waals surface area contributed by atoms with Crippen LogP contribution in [-0.2, 0) is 0 Å². The normalized spacial score (nSPS) is 17.3. The average molecular weight is 319 g/mol. The monoisotopic (exact) mass is 319 g/mol. The molecule has 0 aliphatic carbocycles. The maximum atomic E-state index is 13.3. The Hall–Kier alpha value is -2.51. The number of amides is 1. The summed E-state index contributed by atoms with van der Waals surface area (Å²) >= 11 is 0. The number of carbonyl (C=O) groups is 1. The quantitative estimate of drug-likeness (QED) is 0.749. The number of hydrogen-bond donors (Lipinski definition) is 0. The summed E-state index contributed by atoms with van der Waals surface area (Å²) in [5.41, 5.74) is -0.465. The van der Waals surface area contributed by atoms with Gasteiger partial charge in [0.05, 0.1) is 5.69 Å². The van der Waals surface area contributed by atoms with E-state index in [2.05, 4.69) is 24.3 Å². The van der Waals surface area contributed by atoms with Gasteiger partial charge in [-0.05, 0) is 46.9 Å². The number of carbonyl (C=O) groups excluding carboxylic acids is 1. The molecule has 23 heavy (non-hydrogen) atoms. The molecule has 1 aliphatic heterocycles. The van der Waals surface area contributed by atoms with Crippen LogP contribution in [0.15, 0.2) is 29.1 Å². The second-order valence-corrected chi connectivity index (χ2v) is 6.54. The number of hydrogen-bond acceptors (Lipinski definition) is 4. The molecule has 1 aliphatic rings. The number of nitrogens with zero attached hydrogens (tertiary/aromatic N) is 5. The highest BCUT2D eigenvalue weighted by Crippen LogP contribution is 2.28. The van der Waals surface area contributed by atoms with E-state index in [4.69, 9.17) is 0 Å². The van der Waals surface area contributed by atoms with Gasteiger partial charge in [0.25, 0.3) is 0 Å². The van der Waals surface area contributed by atoms with Crippen molar-refractivity contribution < 1.29 is 9.18 Å². The molecule has 2 aromatic rings. The van der Waals surface area contributed by atoms with Crippen LogP contribution in [0.4, 0.5) is 9.18 Å². The molecule has 0 saturated carbocycles. The van der Waals surface area contributed by atoms with Crippen molar-refractivity contribution in [3.8, 4) is 5.69 Å². The predicted octanol–water partition coefficient (Wildman–Crippen LogP) is 1.66. The maximum absolute atomic E-state index is 13.3. The molecule has 1 saturated heterocycles. The summed E-state index contributed by atoms with van der Waals surface area (Å²) in [6, 6.07) is 4.92. The third-order valence-corrected chi connectivity index (χ3v) is 3.99. The van der Waals surface area contributed by atoms with Gasteiger partial charge in [0.2, 0.25) is 0 Å². The van der Waals surface area contributed by atoms with Crippen LogP contribution in [0.5, 0.6) is 0 Å². The van der Waals surface area contributed by atoms with E-state index in [1.165, 1.54) is 18.2 Å². The summed E-state index contributed by atoms with van der Waals surface area (Å²) in [5, 5.41) is 7.33. The van der Waals surface area contributed by atoms with Crippen LogP contribution in [0.25, 0.3) is 5.69 Å². The summed E-state index contributed by atoms with van der Waals surface area (Å²) in [7, 11) is 0. The van der Waals surface area contributed by atoms with Crippen molar-refractivity contribution in [2.45, 2.75) is 26.7 Å². The van der Waals surface area contributed by atoms with Crippen molar-refractivity contribution in [1.82, 2.24) is 24.7 Å². The van der Waals surface area contributed by atoms with Crippen molar-refractivity contribution in [2.75, 3.05) is 13.1 Å². The molecule has 2 heterocycles. The number of aromatic nitrogens is 4. The first-order valence-electron chi connectivity index (χ1n) is 7.48. The zero-order chi connectivity index (χ0) is 16.6. The summed E-state index contributed by atoms with van der Waals surface area (Å²) in [4.78, 5) is 26.5. The van der Waals surface area contributed by atoms with E-state index >= 15 is 0 Å². The summed E-state index contributed by atoms with van der Waals surface area (Å²) in [6.45, 7) is 5.31. The van der Waals surface area contributed by atoms with Gasteiger partial charge in [0.15, 0.2) is 0 Å². The van der Waals surface area contributed by atoms with Crippen LogP contribution < -0.4 is 5.69 Å². The Morgan fingerprint density at radius 2 is 2.09 bits per heavy atom. The highest BCUT2D eigenvalue weighted by molar-refractivity contribution is 5.75. The zero-order valence-electron chi connectivity index (χ0n) is 13.1. The van der Waals surface area contributed by atoms with Crippen LogP contribution in [0, 0.1) is 11.2 Å². The minimum Gasteiger partial charge on any atom is -0.322 e. The first-order valence-corrected chi connectivity index (χ1v) is 7.48. The molecular weight excluding hydrogens is 301 g/mol. The smallest absolute Gasteiger partial charge is 0.322 e. The first kappa shape index (κ1) is 15.4. The number of tetrazole rings is 1. The number of halogens is 1. The Morgan fingerprint density at radius 3 is 2.78 bits per heavy atom. The van der Waals surface area contributed by atoms with Gasteiger partial charge in [0, 0.05) is 13.1 Å². The molecule has 1 aromatic carbocycles. The van der Waals surface area contributed by atoms with Gasteiger partial charge in [-0.3, -0.25) is 0 Å². The second kappa shape index (κ2) is 5.60. The van der Waals surface area contributed by atoms with Gasteiger partial charge < -0.3 is 4.90 Å².